The van der Waals surface area contributed by atoms with Gasteiger partial charge in [0.05, 0.1) is 11.4 Å². The van der Waals surface area contributed by atoms with Gasteiger partial charge in [-0.1, -0.05) is 170 Å². The maximum Gasteiger partial charge on any atom is 0.159 e. The lowest BCUT2D eigenvalue weighted by Crippen LogP contribution is -2.11. The summed E-state index contributed by atoms with van der Waals surface area (Å²) in [7, 11) is 0. The molecule has 6 nitrogen and oxygen atoms in total. The van der Waals surface area contributed by atoms with Crippen molar-refractivity contribution >= 4 is 143 Å². The molecule has 4 heterocycles. The second-order valence-electron chi connectivity index (χ2n) is 21.7. The number of benzene rings is 13. The largest absolute Gasteiger partial charge is 0.456 e. The van der Waals surface area contributed by atoms with Gasteiger partial charge >= 0.3 is 0 Å². The zero-order valence-electron chi connectivity index (χ0n) is 44.8. The minimum atomic E-state index is 0.814. The summed E-state index contributed by atoms with van der Waals surface area (Å²) in [5, 5.41) is 12.8. The third-order valence-electron chi connectivity index (χ3n) is 16.8. The first kappa shape index (κ1) is 46.1. The van der Waals surface area contributed by atoms with E-state index in [1.54, 1.807) is 0 Å². The number of furan rings is 4. The Hall–Kier alpha value is -10.8. The van der Waals surface area contributed by atoms with Crippen LogP contribution in [0.4, 0.5) is 34.1 Å². The Labute approximate surface area is 470 Å². The molecule has 0 N–H and O–H groups in total. The van der Waals surface area contributed by atoms with E-state index in [1.165, 1.54) is 0 Å². The van der Waals surface area contributed by atoms with Crippen molar-refractivity contribution in [2.45, 2.75) is 13.8 Å². The van der Waals surface area contributed by atoms with Crippen molar-refractivity contribution < 1.29 is 17.7 Å². The molecule has 0 saturated heterocycles. The highest BCUT2D eigenvalue weighted by Gasteiger charge is 2.25. The quantitative estimate of drug-likeness (QED) is 0.151. The molecule has 0 aliphatic rings. The van der Waals surface area contributed by atoms with Gasteiger partial charge < -0.3 is 27.5 Å². The summed E-state index contributed by atoms with van der Waals surface area (Å²) in [6.45, 7) is 4.33. The highest BCUT2D eigenvalue weighted by Crippen LogP contribution is 2.49. The average molecular weight is 1050 g/mol. The summed E-state index contributed by atoms with van der Waals surface area (Å²) < 4.78 is 27.7. The first-order valence-corrected chi connectivity index (χ1v) is 27.9. The first-order valence-electron chi connectivity index (χ1n) is 27.9. The molecule has 0 radical (unpaired) electrons. The molecule has 0 unspecified atom stereocenters. The van der Waals surface area contributed by atoms with Crippen LogP contribution in [0.5, 0.6) is 0 Å². The van der Waals surface area contributed by atoms with E-state index in [0.717, 1.165) is 177 Å². The van der Waals surface area contributed by atoms with Gasteiger partial charge in [0.25, 0.3) is 0 Å². The smallest absolute Gasteiger partial charge is 0.159 e. The van der Waals surface area contributed by atoms with E-state index in [2.05, 4.69) is 266 Å². The summed E-state index contributed by atoms with van der Waals surface area (Å²) in [5.74, 6) is 0. The number of fused-ring (bicyclic) bond motifs is 14. The minimum Gasteiger partial charge on any atom is -0.456 e. The SMILES string of the molecule is Cc1ccccc1N(c1ccc2cc3c(cc2c1)oc1cc2c(cc13)oc1cc3cc(N(c4ccccc4C)c4cccc5c4oc4c(-c6ccccc6)cccc45)ccc3cc12)c1cccc2c1oc1c(-c3ccccc3)cccc12. The summed E-state index contributed by atoms with van der Waals surface area (Å²) in [6, 6.07) is 90.4. The van der Waals surface area contributed by atoms with E-state index in [1.807, 2.05) is 12.1 Å². The molecule has 0 atom stereocenters. The van der Waals surface area contributed by atoms with Crippen LogP contribution >= 0.6 is 0 Å². The zero-order chi connectivity index (χ0) is 54.2. The number of anilines is 6. The fourth-order valence-electron chi connectivity index (χ4n) is 12.9. The molecule has 82 heavy (non-hydrogen) atoms. The van der Waals surface area contributed by atoms with Crippen molar-refractivity contribution in [3.8, 4) is 22.3 Å². The molecular weight excluding hydrogens is 1000 g/mol. The number of hydrogen-bond acceptors (Lipinski definition) is 6. The Kier molecular flexibility index (Phi) is 10.0. The molecule has 0 aliphatic carbocycles. The average Bonchev–Trinajstić information content (AvgIpc) is 3.84. The Morgan fingerprint density at radius 1 is 0.244 bits per heavy atom. The third-order valence-corrected chi connectivity index (χ3v) is 16.8. The van der Waals surface area contributed by atoms with Crippen LogP contribution in [-0.4, -0.2) is 0 Å². The Morgan fingerprint density at radius 3 is 1.05 bits per heavy atom. The lowest BCUT2D eigenvalue weighted by molar-refractivity contribution is 0.664. The standard InChI is InChI=1S/C76H48N2O4/c1-45-17-9-11-29-65(45)77(67-31-15-27-59-57-25-13-23-55(73(57)81-75(59)67)47-19-5-3-6-20-47)53-35-33-49-39-61-63-43-72-64(44-71(63)79-69(61)41-51(49)37-53)62-40-50-34-36-54(38-52(50)42-70(62)80-72)78(66-30-12-10-18-46(66)2)68-32-16-28-60-58-26-14-24-56(74(58)82-76(60)68)48-21-7-4-8-22-48/h3-44H,1-2H3. The van der Waals surface area contributed by atoms with E-state index in [0.29, 0.717) is 0 Å². The van der Waals surface area contributed by atoms with Gasteiger partial charge in [0.2, 0.25) is 0 Å². The maximum atomic E-state index is 7.00. The number of rotatable bonds is 8. The maximum absolute atomic E-state index is 7.00. The molecule has 0 amide bonds. The van der Waals surface area contributed by atoms with Crippen molar-refractivity contribution in [3.05, 3.63) is 266 Å². The summed E-state index contributed by atoms with van der Waals surface area (Å²) in [4.78, 5) is 4.66. The molecule has 13 aromatic carbocycles. The molecule has 0 bridgehead atoms. The van der Waals surface area contributed by atoms with Crippen molar-refractivity contribution in [1.29, 1.82) is 0 Å². The van der Waals surface area contributed by atoms with E-state index < -0.39 is 0 Å². The van der Waals surface area contributed by atoms with Gasteiger partial charge in [-0.05, 0) is 143 Å². The Bertz CT molecular complexity index is 5110. The highest BCUT2D eigenvalue weighted by molar-refractivity contribution is 6.20. The van der Waals surface area contributed by atoms with Gasteiger partial charge in [-0.3, -0.25) is 0 Å². The molecule has 0 spiro atoms. The molecule has 0 fully saturated rings. The normalized spacial score (nSPS) is 12.0. The lowest BCUT2D eigenvalue weighted by Gasteiger charge is -2.27. The molecule has 4 aromatic heterocycles. The second-order valence-corrected chi connectivity index (χ2v) is 21.7. The molecule has 17 aromatic rings. The molecule has 6 heteroatoms. The van der Waals surface area contributed by atoms with Crippen LogP contribution in [-0.2, 0) is 0 Å². The van der Waals surface area contributed by atoms with Gasteiger partial charge in [-0.15, -0.1) is 0 Å². The topological polar surface area (TPSA) is 59.0 Å². The van der Waals surface area contributed by atoms with Gasteiger partial charge in [0.15, 0.2) is 11.2 Å². The van der Waals surface area contributed by atoms with Crippen LogP contribution in [0.2, 0.25) is 0 Å². The molecular formula is C76H48N2O4. The van der Waals surface area contributed by atoms with E-state index in [-0.39, 0.29) is 0 Å². The van der Waals surface area contributed by atoms with Crippen LogP contribution in [0, 0.1) is 13.8 Å². The fourth-order valence-corrected chi connectivity index (χ4v) is 12.9. The van der Waals surface area contributed by atoms with Crippen LogP contribution in [0.1, 0.15) is 11.1 Å². The number of para-hydroxylation sites is 6. The monoisotopic (exact) mass is 1050 g/mol. The van der Waals surface area contributed by atoms with E-state index >= 15 is 0 Å². The summed E-state index contributed by atoms with van der Waals surface area (Å²) in [5.41, 5.74) is 19.5. The van der Waals surface area contributed by atoms with Crippen LogP contribution in [0.25, 0.3) is 132 Å². The van der Waals surface area contributed by atoms with Crippen LogP contribution in [0.15, 0.2) is 272 Å². The van der Waals surface area contributed by atoms with Gasteiger partial charge in [-0.2, -0.15) is 0 Å². The molecule has 0 saturated carbocycles. The predicted octanol–water partition coefficient (Wildman–Crippen LogP) is 22.5. The van der Waals surface area contributed by atoms with Crippen molar-refractivity contribution in [1.82, 2.24) is 0 Å². The van der Waals surface area contributed by atoms with Crippen LogP contribution in [0.3, 0.4) is 0 Å². The van der Waals surface area contributed by atoms with Crippen molar-refractivity contribution in [2.24, 2.45) is 0 Å². The minimum absolute atomic E-state index is 0.814. The number of hydrogen-bond donors (Lipinski definition) is 0. The fraction of sp³-hybridized carbons (Fsp3) is 0.0263. The molecule has 17 rings (SSSR count). The zero-order valence-corrected chi connectivity index (χ0v) is 44.8. The summed E-state index contributed by atoms with van der Waals surface area (Å²) in [6.07, 6.45) is 0. The first-order chi connectivity index (χ1) is 40.5. The highest BCUT2D eigenvalue weighted by atomic mass is 16.3. The second kappa shape index (κ2) is 17.8. The summed E-state index contributed by atoms with van der Waals surface area (Å²) >= 11 is 0. The Morgan fingerprint density at radius 2 is 0.610 bits per heavy atom. The Balaban J connectivity index is 0.764. The molecule has 386 valence electrons. The molecule has 0 aliphatic heterocycles. The van der Waals surface area contributed by atoms with Crippen LogP contribution < -0.4 is 9.80 Å². The van der Waals surface area contributed by atoms with E-state index in [4.69, 9.17) is 17.7 Å². The number of nitrogens with zero attached hydrogens (tertiary/aromatic N) is 2. The lowest BCUT2D eigenvalue weighted by atomic mass is 10.0. The number of aryl methyl sites for hydroxylation is 2. The predicted molar refractivity (Wildman–Crippen MR) is 340 cm³/mol. The van der Waals surface area contributed by atoms with Crippen molar-refractivity contribution in [3.63, 3.8) is 0 Å². The van der Waals surface area contributed by atoms with Crippen molar-refractivity contribution in [2.75, 3.05) is 9.80 Å². The van der Waals surface area contributed by atoms with Gasteiger partial charge in [0, 0.05) is 77.0 Å². The van der Waals surface area contributed by atoms with Gasteiger partial charge in [-0.25, -0.2) is 0 Å². The third kappa shape index (κ3) is 7.08. The van der Waals surface area contributed by atoms with E-state index in [9.17, 15) is 0 Å². The van der Waals surface area contributed by atoms with Gasteiger partial charge in [0.1, 0.15) is 33.5 Å².